The third-order valence-corrected chi connectivity index (χ3v) is 6.66. The molecule has 0 spiro atoms. The van der Waals surface area contributed by atoms with Gasteiger partial charge in [-0.3, -0.25) is 0 Å². The number of carbonyl (C=O) groups is 1. The standard InChI is InChI=1S/C22H19N3O2S3/c1-12-4-9-17-18(10-12)30-19(24-17)14-5-7-15(8-6-14)23-22(28)25-20-16(21(26)27-3)11-13(2)29-20/h4-11H,1-3H3,(H2,23,25,28). The average molecular weight is 454 g/mol. The van der Waals surface area contributed by atoms with Crippen molar-refractivity contribution in [2.24, 2.45) is 0 Å². The van der Waals surface area contributed by atoms with Crippen molar-refractivity contribution in [3.8, 4) is 10.6 Å². The average Bonchev–Trinajstić information content (AvgIpc) is 3.30. The van der Waals surface area contributed by atoms with Gasteiger partial charge in [-0.15, -0.1) is 22.7 Å². The zero-order valence-electron chi connectivity index (χ0n) is 16.6. The van der Waals surface area contributed by atoms with Crippen molar-refractivity contribution in [1.29, 1.82) is 0 Å². The summed E-state index contributed by atoms with van der Waals surface area (Å²) in [5.41, 5.74) is 4.63. The number of fused-ring (bicyclic) bond motifs is 1. The first-order valence-electron chi connectivity index (χ1n) is 9.17. The van der Waals surface area contributed by atoms with Crippen molar-refractivity contribution in [2.45, 2.75) is 13.8 Å². The summed E-state index contributed by atoms with van der Waals surface area (Å²) in [5.74, 6) is -0.389. The molecule has 152 valence electrons. The minimum atomic E-state index is -0.389. The molecule has 0 fully saturated rings. The van der Waals surface area contributed by atoms with Crippen molar-refractivity contribution >= 4 is 66.9 Å². The summed E-state index contributed by atoms with van der Waals surface area (Å²) in [6, 6.07) is 16.0. The molecule has 0 saturated carbocycles. The highest BCUT2D eigenvalue weighted by molar-refractivity contribution is 7.80. The van der Waals surface area contributed by atoms with Crippen LogP contribution in [0.1, 0.15) is 20.8 Å². The summed E-state index contributed by atoms with van der Waals surface area (Å²) < 4.78 is 6.02. The molecule has 0 unspecified atom stereocenters. The van der Waals surface area contributed by atoms with Crippen LogP contribution in [-0.4, -0.2) is 23.2 Å². The van der Waals surface area contributed by atoms with Crippen molar-refractivity contribution in [3.05, 3.63) is 64.5 Å². The van der Waals surface area contributed by atoms with E-state index in [4.69, 9.17) is 21.9 Å². The van der Waals surface area contributed by atoms with E-state index in [1.54, 1.807) is 17.4 Å². The number of methoxy groups -OCH3 is 1. The Bertz CT molecular complexity index is 1240. The maximum Gasteiger partial charge on any atom is 0.340 e. The molecule has 0 bridgehead atoms. The lowest BCUT2D eigenvalue weighted by Gasteiger charge is -2.10. The number of nitrogens with one attached hydrogen (secondary N) is 2. The van der Waals surface area contributed by atoms with E-state index in [9.17, 15) is 4.79 Å². The van der Waals surface area contributed by atoms with Gasteiger partial charge in [0.25, 0.3) is 0 Å². The van der Waals surface area contributed by atoms with E-state index >= 15 is 0 Å². The lowest BCUT2D eigenvalue weighted by atomic mass is 10.2. The summed E-state index contributed by atoms with van der Waals surface area (Å²) in [6.07, 6.45) is 0. The van der Waals surface area contributed by atoms with Crippen LogP contribution >= 0.6 is 34.9 Å². The number of aromatic nitrogens is 1. The predicted molar refractivity (Wildman–Crippen MR) is 130 cm³/mol. The van der Waals surface area contributed by atoms with Gasteiger partial charge in [-0.1, -0.05) is 6.07 Å². The fourth-order valence-electron chi connectivity index (χ4n) is 2.99. The van der Waals surface area contributed by atoms with Gasteiger partial charge in [-0.2, -0.15) is 0 Å². The number of carbonyl (C=O) groups excluding carboxylic acids is 1. The Labute approximate surface area is 187 Å². The Balaban J connectivity index is 1.47. The lowest BCUT2D eigenvalue weighted by Crippen LogP contribution is -2.19. The molecule has 2 aromatic carbocycles. The number of anilines is 2. The number of hydrogen-bond donors (Lipinski definition) is 2. The van der Waals surface area contributed by atoms with Gasteiger partial charge in [0.1, 0.15) is 10.0 Å². The van der Waals surface area contributed by atoms with Crippen LogP contribution in [0.4, 0.5) is 10.7 Å². The monoisotopic (exact) mass is 453 g/mol. The van der Waals surface area contributed by atoms with Crippen molar-refractivity contribution in [2.75, 3.05) is 17.7 Å². The minimum absolute atomic E-state index is 0.389. The molecule has 2 N–H and O–H groups in total. The molecule has 4 rings (SSSR count). The van der Waals surface area contributed by atoms with Crippen molar-refractivity contribution in [1.82, 2.24) is 4.98 Å². The molecule has 30 heavy (non-hydrogen) atoms. The molecule has 4 aromatic rings. The van der Waals surface area contributed by atoms with E-state index in [1.807, 2.05) is 31.2 Å². The highest BCUT2D eigenvalue weighted by Crippen LogP contribution is 2.32. The number of aryl methyl sites for hydroxylation is 2. The van der Waals surface area contributed by atoms with E-state index in [0.29, 0.717) is 15.7 Å². The van der Waals surface area contributed by atoms with Gasteiger partial charge in [0, 0.05) is 16.1 Å². The Morgan fingerprint density at radius 3 is 2.53 bits per heavy atom. The molecule has 0 aliphatic carbocycles. The van der Waals surface area contributed by atoms with Crippen LogP contribution in [-0.2, 0) is 4.74 Å². The van der Waals surface area contributed by atoms with E-state index in [-0.39, 0.29) is 5.97 Å². The topological polar surface area (TPSA) is 63.2 Å². The van der Waals surface area contributed by atoms with Gasteiger partial charge in [0.2, 0.25) is 0 Å². The van der Waals surface area contributed by atoms with Crippen LogP contribution in [0, 0.1) is 13.8 Å². The molecule has 0 saturated heterocycles. The van der Waals surface area contributed by atoms with Gasteiger partial charge in [-0.05, 0) is 74.1 Å². The van der Waals surface area contributed by atoms with Gasteiger partial charge in [0.05, 0.1) is 22.9 Å². The fourth-order valence-corrected chi connectivity index (χ4v) is 5.24. The largest absolute Gasteiger partial charge is 0.465 e. The zero-order chi connectivity index (χ0) is 21.3. The summed E-state index contributed by atoms with van der Waals surface area (Å²) in [5, 5.41) is 8.30. The number of rotatable bonds is 4. The number of nitrogens with zero attached hydrogens (tertiary/aromatic N) is 1. The van der Waals surface area contributed by atoms with Crippen molar-refractivity contribution in [3.63, 3.8) is 0 Å². The van der Waals surface area contributed by atoms with E-state index in [0.717, 1.165) is 26.7 Å². The number of benzene rings is 2. The number of thiocarbonyl (C=S) groups is 1. The Morgan fingerprint density at radius 1 is 1.03 bits per heavy atom. The smallest absolute Gasteiger partial charge is 0.340 e. The molecular formula is C22H19N3O2S3. The van der Waals surface area contributed by atoms with E-state index in [2.05, 4.69) is 35.8 Å². The van der Waals surface area contributed by atoms with Gasteiger partial charge < -0.3 is 15.4 Å². The maximum atomic E-state index is 11.9. The molecule has 0 amide bonds. The molecule has 5 nitrogen and oxygen atoms in total. The van der Waals surface area contributed by atoms with Crippen LogP contribution in [0.15, 0.2) is 48.5 Å². The van der Waals surface area contributed by atoms with Crippen LogP contribution in [0.5, 0.6) is 0 Å². The Kier molecular flexibility index (Phi) is 5.80. The normalized spacial score (nSPS) is 10.8. The second kappa shape index (κ2) is 8.51. The Morgan fingerprint density at radius 2 is 1.80 bits per heavy atom. The van der Waals surface area contributed by atoms with Crippen LogP contribution in [0.25, 0.3) is 20.8 Å². The molecule has 0 radical (unpaired) electrons. The zero-order valence-corrected chi connectivity index (χ0v) is 19.1. The third kappa shape index (κ3) is 4.35. The maximum absolute atomic E-state index is 11.9. The molecule has 2 aromatic heterocycles. The number of thiazole rings is 1. The highest BCUT2D eigenvalue weighted by atomic mass is 32.1. The summed E-state index contributed by atoms with van der Waals surface area (Å²) >= 11 is 8.55. The molecule has 0 atom stereocenters. The predicted octanol–water partition coefficient (Wildman–Crippen LogP) is 6.24. The summed E-state index contributed by atoms with van der Waals surface area (Å²) in [7, 11) is 1.36. The fraction of sp³-hybridized carbons (Fsp3) is 0.136. The molecule has 0 aliphatic rings. The molecule has 0 aliphatic heterocycles. The van der Waals surface area contributed by atoms with E-state index < -0.39 is 0 Å². The second-order valence-corrected chi connectivity index (χ2v) is 9.43. The van der Waals surface area contributed by atoms with Crippen molar-refractivity contribution < 1.29 is 9.53 Å². The van der Waals surface area contributed by atoms with Crippen LogP contribution < -0.4 is 10.6 Å². The number of thiophene rings is 1. The van der Waals surface area contributed by atoms with E-state index in [1.165, 1.54) is 28.7 Å². The number of hydrogen-bond acceptors (Lipinski definition) is 6. The first-order chi connectivity index (χ1) is 14.4. The minimum Gasteiger partial charge on any atom is -0.465 e. The molecule has 8 heteroatoms. The highest BCUT2D eigenvalue weighted by Gasteiger charge is 2.16. The Hall–Kier alpha value is -2.81. The third-order valence-electron chi connectivity index (χ3n) is 4.42. The SMILES string of the molecule is COC(=O)c1cc(C)sc1NC(=S)Nc1ccc(-c2nc3ccc(C)cc3s2)cc1. The lowest BCUT2D eigenvalue weighted by molar-refractivity contribution is 0.0602. The quantitative estimate of drug-likeness (QED) is 0.282. The number of esters is 1. The second-order valence-electron chi connectivity index (χ2n) is 6.74. The summed E-state index contributed by atoms with van der Waals surface area (Å²) in [6.45, 7) is 4.02. The first kappa shape index (κ1) is 20.5. The summed E-state index contributed by atoms with van der Waals surface area (Å²) in [4.78, 5) is 17.6. The van der Waals surface area contributed by atoms with Crippen LogP contribution in [0.2, 0.25) is 0 Å². The number of ether oxygens (including phenoxy) is 1. The van der Waals surface area contributed by atoms with Crippen LogP contribution in [0.3, 0.4) is 0 Å². The first-order valence-corrected chi connectivity index (χ1v) is 11.2. The van der Waals surface area contributed by atoms with Gasteiger partial charge in [0.15, 0.2) is 5.11 Å². The molecule has 2 heterocycles. The van der Waals surface area contributed by atoms with Gasteiger partial charge in [-0.25, -0.2) is 9.78 Å². The van der Waals surface area contributed by atoms with Gasteiger partial charge >= 0.3 is 5.97 Å². The molecular weight excluding hydrogens is 434 g/mol.